The van der Waals surface area contributed by atoms with Gasteiger partial charge in [0.05, 0.1) is 24.2 Å². The van der Waals surface area contributed by atoms with Crippen LogP contribution in [0.2, 0.25) is 0 Å². The maximum absolute atomic E-state index is 10.9. The second-order valence-electron chi connectivity index (χ2n) is 6.48. The molecule has 126 valence electrons. The summed E-state index contributed by atoms with van der Waals surface area (Å²) in [6.07, 6.45) is 3.44. The average molecular weight is 320 g/mol. The van der Waals surface area contributed by atoms with E-state index >= 15 is 0 Å². The first-order chi connectivity index (χ1) is 11.1. The molecule has 0 bridgehead atoms. The average Bonchev–Trinajstić information content (AvgIpc) is 3.06. The van der Waals surface area contributed by atoms with Gasteiger partial charge in [-0.05, 0) is 38.3 Å². The zero-order valence-corrected chi connectivity index (χ0v) is 13.6. The zero-order chi connectivity index (χ0) is 16.2. The van der Waals surface area contributed by atoms with Crippen molar-refractivity contribution in [2.45, 2.75) is 32.3 Å². The summed E-state index contributed by atoms with van der Waals surface area (Å²) in [7, 11) is 0. The highest BCUT2D eigenvalue weighted by Gasteiger charge is 2.23. The largest absolute Gasteiger partial charge is 0.381 e. The Morgan fingerprint density at radius 2 is 2.13 bits per heavy atom. The third-order valence-electron chi connectivity index (χ3n) is 4.78. The monoisotopic (exact) mass is 320 g/mol. The fraction of sp³-hybridized carbons (Fsp3) is 0.647. The van der Waals surface area contributed by atoms with Crippen molar-refractivity contribution in [1.29, 1.82) is 0 Å². The number of piperidine rings is 1. The van der Waals surface area contributed by atoms with Crippen molar-refractivity contribution in [3.05, 3.63) is 33.9 Å². The van der Waals surface area contributed by atoms with Gasteiger partial charge in [-0.1, -0.05) is 0 Å². The maximum atomic E-state index is 10.9. The molecule has 1 aromatic rings. The van der Waals surface area contributed by atoms with Crippen LogP contribution in [-0.4, -0.2) is 43.9 Å². The third-order valence-corrected chi connectivity index (χ3v) is 4.78. The molecule has 0 amide bonds. The topological polar surface area (TPSA) is 64.8 Å². The molecule has 0 spiro atoms. The van der Waals surface area contributed by atoms with Crippen LogP contribution in [0, 0.1) is 23.0 Å². The van der Waals surface area contributed by atoms with Gasteiger partial charge < -0.3 is 14.4 Å². The second kappa shape index (κ2) is 7.27. The van der Waals surface area contributed by atoms with E-state index in [0.29, 0.717) is 17.6 Å². The number of nitro benzene ring substituents is 1. The number of aryl methyl sites for hydroxylation is 1. The summed E-state index contributed by atoms with van der Waals surface area (Å²) in [6, 6.07) is 5.37. The molecule has 0 radical (unpaired) electrons. The number of hydrogen-bond donors (Lipinski definition) is 0. The first kappa shape index (κ1) is 16.2. The molecule has 1 aromatic carbocycles. The minimum absolute atomic E-state index is 0.186. The van der Waals surface area contributed by atoms with Gasteiger partial charge in [0, 0.05) is 42.9 Å². The number of nitrogens with zero attached hydrogens (tertiary/aromatic N) is 2. The molecule has 0 aromatic heterocycles. The zero-order valence-electron chi connectivity index (χ0n) is 13.6. The van der Waals surface area contributed by atoms with E-state index in [-0.39, 0.29) is 10.6 Å². The maximum Gasteiger partial charge on any atom is 0.272 e. The summed E-state index contributed by atoms with van der Waals surface area (Å²) < 4.78 is 11.4. The van der Waals surface area contributed by atoms with Crippen LogP contribution in [0.3, 0.4) is 0 Å². The van der Waals surface area contributed by atoms with E-state index in [9.17, 15) is 10.1 Å². The van der Waals surface area contributed by atoms with Gasteiger partial charge in [0.25, 0.3) is 5.69 Å². The number of nitro groups is 1. The summed E-state index contributed by atoms with van der Waals surface area (Å²) in [5.41, 5.74) is 1.97. The summed E-state index contributed by atoms with van der Waals surface area (Å²) in [5.74, 6) is 0.561. The van der Waals surface area contributed by atoms with E-state index < -0.39 is 0 Å². The Morgan fingerprint density at radius 3 is 2.74 bits per heavy atom. The highest BCUT2D eigenvalue weighted by atomic mass is 16.6. The first-order valence-corrected chi connectivity index (χ1v) is 8.33. The van der Waals surface area contributed by atoms with E-state index in [1.165, 1.54) is 0 Å². The second-order valence-corrected chi connectivity index (χ2v) is 6.48. The Bertz CT molecular complexity index is 550. The summed E-state index contributed by atoms with van der Waals surface area (Å²) in [4.78, 5) is 12.9. The minimum atomic E-state index is -0.327. The van der Waals surface area contributed by atoms with Crippen LogP contribution in [0.5, 0.6) is 0 Å². The molecule has 23 heavy (non-hydrogen) atoms. The Morgan fingerprint density at radius 1 is 1.35 bits per heavy atom. The number of anilines is 1. The lowest BCUT2D eigenvalue weighted by molar-refractivity contribution is -0.385. The molecule has 0 saturated carbocycles. The van der Waals surface area contributed by atoms with E-state index in [4.69, 9.17) is 9.47 Å². The molecule has 0 N–H and O–H groups in total. The number of hydrogen-bond acceptors (Lipinski definition) is 5. The van der Waals surface area contributed by atoms with Crippen molar-refractivity contribution in [3.63, 3.8) is 0 Å². The minimum Gasteiger partial charge on any atom is -0.381 e. The fourth-order valence-corrected chi connectivity index (χ4v) is 3.31. The number of ether oxygens (including phenoxy) is 2. The molecule has 3 rings (SSSR count). The summed E-state index contributed by atoms with van der Waals surface area (Å²) >= 11 is 0. The Labute approximate surface area is 136 Å². The van der Waals surface area contributed by atoms with Crippen LogP contribution in [0.25, 0.3) is 0 Å². The van der Waals surface area contributed by atoms with E-state index in [1.54, 1.807) is 13.0 Å². The molecule has 6 heteroatoms. The Balaban J connectivity index is 1.50. The molecule has 2 aliphatic heterocycles. The lowest BCUT2D eigenvalue weighted by atomic mass is 10.1. The molecule has 2 saturated heterocycles. The van der Waals surface area contributed by atoms with Crippen LogP contribution < -0.4 is 4.90 Å². The van der Waals surface area contributed by atoms with Gasteiger partial charge in [0.2, 0.25) is 0 Å². The predicted molar refractivity (Wildman–Crippen MR) is 87.9 cm³/mol. The van der Waals surface area contributed by atoms with E-state index in [0.717, 1.165) is 57.9 Å². The molecule has 2 fully saturated rings. The molecule has 2 aliphatic rings. The van der Waals surface area contributed by atoms with Gasteiger partial charge in [0.1, 0.15) is 0 Å². The van der Waals surface area contributed by atoms with E-state index in [1.807, 2.05) is 12.1 Å². The molecule has 2 heterocycles. The van der Waals surface area contributed by atoms with E-state index in [2.05, 4.69) is 4.90 Å². The number of rotatable bonds is 5. The van der Waals surface area contributed by atoms with Gasteiger partial charge in [-0.3, -0.25) is 10.1 Å². The van der Waals surface area contributed by atoms with Crippen LogP contribution in [0.4, 0.5) is 11.4 Å². The van der Waals surface area contributed by atoms with Crippen molar-refractivity contribution in [2.24, 2.45) is 5.92 Å². The van der Waals surface area contributed by atoms with Crippen LogP contribution >= 0.6 is 0 Å². The Hall–Kier alpha value is -1.66. The molecular formula is C17H24N2O4. The normalized spacial score (nSPS) is 22.5. The quantitative estimate of drug-likeness (QED) is 0.616. The molecule has 1 atom stereocenters. The highest BCUT2D eigenvalue weighted by molar-refractivity contribution is 5.55. The van der Waals surface area contributed by atoms with Gasteiger partial charge in [-0.2, -0.15) is 0 Å². The van der Waals surface area contributed by atoms with Crippen molar-refractivity contribution in [3.8, 4) is 0 Å². The Kier molecular flexibility index (Phi) is 5.13. The third kappa shape index (κ3) is 4.00. The van der Waals surface area contributed by atoms with Crippen molar-refractivity contribution in [2.75, 3.05) is 37.8 Å². The van der Waals surface area contributed by atoms with Gasteiger partial charge in [-0.15, -0.1) is 0 Å². The molecule has 6 nitrogen and oxygen atoms in total. The smallest absolute Gasteiger partial charge is 0.272 e. The first-order valence-electron chi connectivity index (χ1n) is 8.33. The SMILES string of the molecule is Cc1cc(N2CCC(OCC3CCOC3)CC2)ccc1[N+](=O)[O-]. The van der Waals surface area contributed by atoms with Crippen LogP contribution in [-0.2, 0) is 9.47 Å². The summed E-state index contributed by atoms with van der Waals surface area (Å²) in [5, 5.41) is 10.9. The lowest BCUT2D eigenvalue weighted by Gasteiger charge is -2.34. The van der Waals surface area contributed by atoms with Crippen molar-refractivity contribution in [1.82, 2.24) is 0 Å². The molecule has 0 aliphatic carbocycles. The highest BCUT2D eigenvalue weighted by Crippen LogP contribution is 2.27. The molecular weight excluding hydrogens is 296 g/mol. The fourth-order valence-electron chi connectivity index (χ4n) is 3.31. The summed E-state index contributed by atoms with van der Waals surface area (Å²) in [6.45, 7) is 6.17. The predicted octanol–water partition coefficient (Wildman–Crippen LogP) is 2.93. The van der Waals surface area contributed by atoms with Crippen LogP contribution in [0.15, 0.2) is 18.2 Å². The molecule has 1 unspecified atom stereocenters. The number of benzene rings is 1. The standard InChI is InChI=1S/C17H24N2O4/c1-13-10-15(2-3-17(13)19(20)21)18-7-4-16(5-8-18)23-12-14-6-9-22-11-14/h2-3,10,14,16H,4-9,11-12H2,1H3. The van der Waals surface area contributed by atoms with Crippen molar-refractivity contribution < 1.29 is 14.4 Å². The van der Waals surface area contributed by atoms with Gasteiger partial charge in [0.15, 0.2) is 0 Å². The van der Waals surface area contributed by atoms with Gasteiger partial charge >= 0.3 is 0 Å². The lowest BCUT2D eigenvalue weighted by Crippen LogP contribution is -2.37. The van der Waals surface area contributed by atoms with Crippen molar-refractivity contribution >= 4 is 11.4 Å². The van der Waals surface area contributed by atoms with Crippen LogP contribution in [0.1, 0.15) is 24.8 Å². The van der Waals surface area contributed by atoms with Gasteiger partial charge in [-0.25, -0.2) is 0 Å².